The van der Waals surface area contributed by atoms with E-state index in [4.69, 9.17) is 0 Å². The van der Waals surface area contributed by atoms with Crippen molar-refractivity contribution in [3.8, 4) is 0 Å². The summed E-state index contributed by atoms with van der Waals surface area (Å²) in [6, 6.07) is 10.5. The van der Waals surface area contributed by atoms with E-state index >= 15 is 0 Å². The molecule has 2 amide bonds. The fraction of sp³-hybridized carbons (Fsp3) is 0. The van der Waals surface area contributed by atoms with Crippen molar-refractivity contribution in [2.75, 3.05) is 0 Å². The van der Waals surface area contributed by atoms with E-state index in [0.29, 0.717) is 5.56 Å². The first-order valence-electron chi connectivity index (χ1n) is 7.42. The maximum atomic E-state index is 12.0. The standard InChI is InChI=1S/C17H13N5O2S2/c23-16(21-19-10-13-3-1-7-25-13)12-5-6-15(18-9-12)17(24)22-20-11-14-4-2-8-26-14/h1-11H,(H,21,23)(H,22,24)/b19-10-,20-11-. The lowest BCUT2D eigenvalue weighted by Gasteiger charge is -2.01. The van der Waals surface area contributed by atoms with Crippen LogP contribution >= 0.6 is 22.7 Å². The molecule has 26 heavy (non-hydrogen) atoms. The van der Waals surface area contributed by atoms with E-state index in [2.05, 4.69) is 26.0 Å². The Labute approximate surface area is 157 Å². The van der Waals surface area contributed by atoms with Crippen molar-refractivity contribution < 1.29 is 9.59 Å². The number of thiophene rings is 2. The molecule has 0 saturated heterocycles. The lowest BCUT2D eigenvalue weighted by atomic mass is 10.2. The molecule has 0 saturated carbocycles. The summed E-state index contributed by atoms with van der Waals surface area (Å²) in [5.74, 6) is -0.867. The van der Waals surface area contributed by atoms with Gasteiger partial charge in [0.2, 0.25) is 0 Å². The van der Waals surface area contributed by atoms with E-state index in [1.54, 1.807) is 12.4 Å². The number of hydrogen-bond acceptors (Lipinski definition) is 7. The first-order chi connectivity index (χ1) is 12.7. The van der Waals surface area contributed by atoms with Crippen LogP contribution in [0.25, 0.3) is 0 Å². The topological polar surface area (TPSA) is 95.8 Å². The minimum absolute atomic E-state index is 0.159. The molecule has 130 valence electrons. The van der Waals surface area contributed by atoms with Gasteiger partial charge in [0, 0.05) is 16.0 Å². The molecule has 0 aromatic carbocycles. The number of hydrogen-bond donors (Lipinski definition) is 2. The molecule has 0 bridgehead atoms. The van der Waals surface area contributed by atoms with Crippen molar-refractivity contribution >= 4 is 46.9 Å². The van der Waals surface area contributed by atoms with Crippen LogP contribution in [0.2, 0.25) is 0 Å². The van der Waals surface area contributed by atoms with E-state index in [-0.39, 0.29) is 5.69 Å². The van der Waals surface area contributed by atoms with Gasteiger partial charge in [0.15, 0.2) is 0 Å². The van der Waals surface area contributed by atoms with E-state index in [9.17, 15) is 9.59 Å². The normalized spacial score (nSPS) is 11.1. The zero-order valence-corrected chi connectivity index (χ0v) is 15.0. The average Bonchev–Trinajstić information content (AvgIpc) is 3.36. The van der Waals surface area contributed by atoms with Gasteiger partial charge >= 0.3 is 0 Å². The van der Waals surface area contributed by atoms with Crippen molar-refractivity contribution in [1.82, 2.24) is 15.8 Å². The zero-order valence-electron chi connectivity index (χ0n) is 13.3. The highest BCUT2D eigenvalue weighted by atomic mass is 32.1. The second kappa shape index (κ2) is 8.79. The summed E-state index contributed by atoms with van der Waals surface area (Å²) in [5.41, 5.74) is 5.26. The van der Waals surface area contributed by atoms with Crippen LogP contribution in [-0.2, 0) is 0 Å². The number of hydrazone groups is 2. The van der Waals surface area contributed by atoms with Crippen LogP contribution in [0.15, 0.2) is 63.6 Å². The fourth-order valence-corrected chi connectivity index (χ4v) is 2.99. The number of pyridine rings is 1. The largest absolute Gasteiger partial charge is 0.289 e. The third-order valence-corrected chi connectivity index (χ3v) is 4.67. The molecule has 3 heterocycles. The molecule has 7 nitrogen and oxygen atoms in total. The predicted molar refractivity (Wildman–Crippen MR) is 103 cm³/mol. The van der Waals surface area contributed by atoms with E-state index in [1.165, 1.54) is 41.0 Å². The SMILES string of the molecule is O=C(N/N=C\c1cccs1)c1ccc(C(=O)N/N=C\c2cccs2)nc1. The highest BCUT2D eigenvalue weighted by Crippen LogP contribution is 2.05. The van der Waals surface area contributed by atoms with E-state index in [0.717, 1.165) is 9.75 Å². The van der Waals surface area contributed by atoms with Gasteiger partial charge in [-0.25, -0.2) is 10.9 Å². The Morgan fingerprint density at radius 1 is 0.885 bits per heavy atom. The fourth-order valence-electron chi connectivity index (χ4n) is 1.82. The number of nitrogens with zero attached hydrogens (tertiary/aromatic N) is 3. The lowest BCUT2D eigenvalue weighted by molar-refractivity contribution is 0.0939. The van der Waals surface area contributed by atoms with Crippen LogP contribution in [-0.4, -0.2) is 29.2 Å². The van der Waals surface area contributed by atoms with Crippen molar-refractivity contribution in [2.45, 2.75) is 0 Å². The molecule has 0 fully saturated rings. The second-order valence-corrected chi connectivity index (χ2v) is 6.82. The highest BCUT2D eigenvalue weighted by Gasteiger charge is 2.09. The zero-order chi connectivity index (χ0) is 18.2. The molecule has 2 N–H and O–H groups in total. The summed E-state index contributed by atoms with van der Waals surface area (Å²) >= 11 is 3.02. The molecule has 3 aromatic heterocycles. The van der Waals surface area contributed by atoms with Crippen LogP contribution in [0.4, 0.5) is 0 Å². The molecule has 0 spiro atoms. The molecule has 3 rings (SSSR count). The van der Waals surface area contributed by atoms with Gasteiger partial charge in [-0.05, 0) is 35.0 Å². The smallest absolute Gasteiger partial charge is 0.267 e. The van der Waals surface area contributed by atoms with Gasteiger partial charge < -0.3 is 0 Å². The summed E-state index contributed by atoms with van der Waals surface area (Å²) in [6.45, 7) is 0. The molecule has 3 aromatic rings. The summed E-state index contributed by atoms with van der Waals surface area (Å²) in [4.78, 5) is 29.8. The van der Waals surface area contributed by atoms with E-state index < -0.39 is 11.8 Å². The molecule has 9 heteroatoms. The Balaban J connectivity index is 1.53. The number of aromatic nitrogens is 1. The molecule has 0 unspecified atom stereocenters. The molecule has 0 aliphatic carbocycles. The Kier molecular flexibility index (Phi) is 5.96. The van der Waals surface area contributed by atoms with Crippen LogP contribution in [0.3, 0.4) is 0 Å². The van der Waals surface area contributed by atoms with Gasteiger partial charge in [0.1, 0.15) is 5.69 Å². The minimum atomic E-state index is -0.458. The third kappa shape index (κ3) is 4.91. The maximum Gasteiger partial charge on any atom is 0.289 e. The summed E-state index contributed by atoms with van der Waals surface area (Å²) in [5, 5.41) is 11.6. The molecule has 0 aliphatic heterocycles. The molecule has 0 aliphatic rings. The van der Waals surface area contributed by atoms with Gasteiger partial charge in [-0.15, -0.1) is 22.7 Å². The first-order valence-corrected chi connectivity index (χ1v) is 9.18. The quantitative estimate of drug-likeness (QED) is 0.506. The number of amides is 2. The Morgan fingerprint density at radius 2 is 1.50 bits per heavy atom. The van der Waals surface area contributed by atoms with Crippen LogP contribution < -0.4 is 10.9 Å². The minimum Gasteiger partial charge on any atom is -0.267 e. The van der Waals surface area contributed by atoms with Gasteiger partial charge in [-0.3, -0.25) is 14.6 Å². The third-order valence-electron chi connectivity index (χ3n) is 3.06. The Bertz CT molecular complexity index is 839. The molecule has 0 atom stereocenters. The highest BCUT2D eigenvalue weighted by molar-refractivity contribution is 7.12. The van der Waals surface area contributed by atoms with Crippen molar-refractivity contribution in [2.24, 2.45) is 10.2 Å². The maximum absolute atomic E-state index is 12.0. The van der Waals surface area contributed by atoms with Gasteiger partial charge in [-0.1, -0.05) is 12.1 Å². The lowest BCUT2D eigenvalue weighted by Crippen LogP contribution is -2.21. The molecule has 0 radical (unpaired) electrons. The number of carbonyl (C=O) groups is 2. The average molecular weight is 383 g/mol. The summed E-state index contributed by atoms with van der Waals surface area (Å²) < 4.78 is 0. The molecular weight excluding hydrogens is 370 g/mol. The van der Waals surface area contributed by atoms with Crippen LogP contribution in [0, 0.1) is 0 Å². The van der Waals surface area contributed by atoms with Crippen LogP contribution in [0.1, 0.15) is 30.6 Å². The Hall–Kier alpha value is -3.17. The van der Waals surface area contributed by atoms with Crippen LogP contribution in [0.5, 0.6) is 0 Å². The number of nitrogens with one attached hydrogen (secondary N) is 2. The summed E-state index contributed by atoms with van der Waals surface area (Å²) in [7, 11) is 0. The van der Waals surface area contributed by atoms with Gasteiger partial charge in [0.25, 0.3) is 11.8 Å². The first kappa shape index (κ1) is 17.6. The van der Waals surface area contributed by atoms with Gasteiger partial charge in [0.05, 0.1) is 18.0 Å². The number of rotatable bonds is 6. The van der Waals surface area contributed by atoms with Gasteiger partial charge in [-0.2, -0.15) is 10.2 Å². The summed E-state index contributed by atoms with van der Waals surface area (Å²) in [6.07, 6.45) is 4.42. The second-order valence-electron chi connectivity index (χ2n) is 4.86. The molecular formula is C17H13N5O2S2. The van der Waals surface area contributed by atoms with Crippen molar-refractivity contribution in [3.63, 3.8) is 0 Å². The van der Waals surface area contributed by atoms with E-state index in [1.807, 2.05) is 35.0 Å². The van der Waals surface area contributed by atoms with Crippen molar-refractivity contribution in [1.29, 1.82) is 0 Å². The monoisotopic (exact) mass is 383 g/mol. The van der Waals surface area contributed by atoms with Crippen molar-refractivity contribution in [3.05, 3.63) is 74.4 Å². The Morgan fingerprint density at radius 3 is 2.00 bits per heavy atom. The predicted octanol–water partition coefficient (Wildman–Crippen LogP) is 2.73. The number of carbonyl (C=O) groups excluding carboxylic acids is 2.